The smallest absolute Gasteiger partial charge is 0.0897 e. The lowest BCUT2D eigenvalue weighted by Crippen LogP contribution is -2.47. The normalized spacial score (nSPS) is 32.2. The predicted octanol–water partition coefficient (Wildman–Crippen LogP) is 4.02. The number of hydrogen-bond donors (Lipinski definition) is 2. The van der Waals surface area contributed by atoms with Crippen LogP contribution in [0.5, 0.6) is 0 Å². The number of nitrogens with one attached hydrogen (secondary N) is 1. The minimum atomic E-state index is -0.469. The van der Waals surface area contributed by atoms with Crippen molar-refractivity contribution in [3.8, 4) is 0 Å². The Balaban J connectivity index is 1.40. The molecule has 2 fully saturated rings. The van der Waals surface area contributed by atoms with Crippen LogP contribution in [-0.4, -0.2) is 30.4 Å². The average Bonchev–Trinajstić information content (AvgIpc) is 2.88. The van der Waals surface area contributed by atoms with E-state index in [4.69, 9.17) is 16.3 Å². The van der Waals surface area contributed by atoms with Crippen molar-refractivity contribution in [3.63, 3.8) is 0 Å². The van der Waals surface area contributed by atoms with Crippen LogP contribution in [0.1, 0.15) is 45.6 Å². The van der Waals surface area contributed by atoms with Crippen molar-refractivity contribution in [1.29, 1.82) is 0 Å². The van der Waals surface area contributed by atoms with Crippen LogP contribution < -0.4 is 5.32 Å². The Kier molecular flexibility index (Phi) is 5.27. The molecule has 2 saturated carbocycles. The van der Waals surface area contributed by atoms with Gasteiger partial charge in [-0.1, -0.05) is 44.5 Å². The zero-order valence-electron chi connectivity index (χ0n) is 15.0. The van der Waals surface area contributed by atoms with Crippen molar-refractivity contribution >= 4 is 11.6 Å². The lowest BCUT2D eigenvalue weighted by Gasteiger charge is -2.40. The summed E-state index contributed by atoms with van der Waals surface area (Å²) < 4.78 is 5.63. The lowest BCUT2D eigenvalue weighted by atomic mass is 9.69. The third kappa shape index (κ3) is 3.37. The van der Waals surface area contributed by atoms with Crippen molar-refractivity contribution in [1.82, 2.24) is 5.32 Å². The molecule has 0 aliphatic heterocycles. The molecule has 4 atom stereocenters. The Labute approximate surface area is 150 Å². The maximum absolute atomic E-state index is 10.2. The molecule has 3 nitrogen and oxygen atoms in total. The van der Waals surface area contributed by atoms with Gasteiger partial charge in [0.05, 0.1) is 19.3 Å². The van der Waals surface area contributed by atoms with Gasteiger partial charge in [0.25, 0.3) is 0 Å². The zero-order chi connectivity index (χ0) is 17.4. The van der Waals surface area contributed by atoms with Gasteiger partial charge in [0.15, 0.2) is 0 Å². The summed E-state index contributed by atoms with van der Waals surface area (Å²) in [5.74, 6) is 0.818. The van der Waals surface area contributed by atoms with Gasteiger partial charge in [-0.25, -0.2) is 0 Å². The Morgan fingerprint density at radius 1 is 1.29 bits per heavy atom. The molecule has 0 amide bonds. The van der Waals surface area contributed by atoms with Gasteiger partial charge in [-0.2, -0.15) is 0 Å². The molecule has 0 aromatic heterocycles. The lowest BCUT2D eigenvalue weighted by molar-refractivity contribution is 0.0231. The van der Waals surface area contributed by atoms with Crippen LogP contribution in [0.15, 0.2) is 24.3 Å². The van der Waals surface area contributed by atoms with Crippen molar-refractivity contribution in [2.75, 3.05) is 13.2 Å². The molecule has 4 heteroatoms. The van der Waals surface area contributed by atoms with E-state index in [-0.39, 0.29) is 0 Å². The number of ether oxygens (including phenoxy) is 1. The number of fused-ring (bicyclic) bond motifs is 2. The molecule has 0 radical (unpaired) electrons. The molecule has 3 rings (SSSR count). The minimum Gasteiger partial charge on any atom is -0.389 e. The fraction of sp³-hybridized carbons (Fsp3) is 0.700. The number of halogens is 1. The second kappa shape index (κ2) is 6.95. The number of benzene rings is 1. The van der Waals surface area contributed by atoms with Crippen LogP contribution >= 0.6 is 11.6 Å². The zero-order valence-corrected chi connectivity index (χ0v) is 15.8. The van der Waals surface area contributed by atoms with E-state index < -0.39 is 6.10 Å². The molecule has 1 aromatic carbocycles. The van der Waals surface area contributed by atoms with E-state index in [9.17, 15) is 5.11 Å². The van der Waals surface area contributed by atoms with Gasteiger partial charge in [-0.3, -0.25) is 0 Å². The van der Waals surface area contributed by atoms with Crippen molar-refractivity contribution in [3.05, 3.63) is 34.9 Å². The molecule has 0 unspecified atom stereocenters. The molecule has 24 heavy (non-hydrogen) atoms. The standard InChI is InChI=1S/C20H30ClNO2/c1-19(2)15-8-9-20(19,3)18(10-15)22-11-17(23)13-24-12-14-4-6-16(21)7-5-14/h4-7,15,17-18,22-23H,8-13H2,1-3H3/t15-,17-,18+,20+/m0/s1. The first-order valence-corrected chi connectivity index (χ1v) is 9.44. The maximum atomic E-state index is 10.2. The van der Waals surface area contributed by atoms with Gasteiger partial charge < -0.3 is 15.2 Å². The number of rotatable bonds is 7. The molecule has 2 aliphatic carbocycles. The first kappa shape index (κ1) is 18.2. The first-order valence-electron chi connectivity index (χ1n) is 9.06. The highest BCUT2D eigenvalue weighted by Crippen LogP contribution is 2.65. The summed E-state index contributed by atoms with van der Waals surface area (Å²) in [6, 6.07) is 8.12. The average molecular weight is 352 g/mol. The Bertz CT molecular complexity index is 559. The molecule has 2 bridgehead atoms. The van der Waals surface area contributed by atoms with Gasteiger partial charge >= 0.3 is 0 Å². The van der Waals surface area contributed by atoms with Crippen LogP contribution in [0.25, 0.3) is 0 Å². The van der Waals surface area contributed by atoms with Gasteiger partial charge in [-0.15, -0.1) is 0 Å². The number of aliphatic hydroxyl groups is 1. The highest BCUT2D eigenvalue weighted by molar-refractivity contribution is 6.30. The summed E-state index contributed by atoms with van der Waals surface area (Å²) in [6.45, 7) is 8.71. The summed E-state index contributed by atoms with van der Waals surface area (Å²) in [6.07, 6.45) is 3.42. The van der Waals surface area contributed by atoms with Gasteiger partial charge in [0, 0.05) is 17.6 Å². The van der Waals surface area contributed by atoms with E-state index in [0.29, 0.717) is 36.6 Å². The summed E-state index contributed by atoms with van der Waals surface area (Å²) in [4.78, 5) is 0. The van der Waals surface area contributed by atoms with Crippen LogP contribution in [-0.2, 0) is 11.3 Å². The van der Waals surface area contributed by atoms with Gasteiger partial charge in [-0.05, 0) is 53.7 Å². The Morgan fingerprint density at radius 2 is 2.00 bits per heavy atom. The van der Waals surface area contributed by atoms with Crippen molar-refractivity contribution in [2.45, 2.75) is 58.8 Å². The van der Waals surface area contributed by atoms with Crippen LogP contribution in [0.4, 0.5) is 0 Å². The fourth-order valence-corrected chi connectivity index (χ4v) is 4.87. The molecular formula is C20H30ClNO2. The SMILES string of the molecule is CC1(C)[C@H]2CC[C@]1(C)[C@H](NC[C@H](O)COCc1ccc(Cl)cc1)C2. The molecule has 2 aliphatic rings. The van der Waals surface area contributed by atoms with Crippen LogP contribution in [0, 0.1) is 16.7 Å². The van der Waals surface area contributed by atoms with Gasteiger partial charge in [0.1, 0.15) is 0 Å². The van der Waals surface area contributed by atoms with Gasteiger partial charge in [0.2, 0.25) is 0 Å². The topological polar surface area (TPSA) is 41.5 Å². The number of aliphatic hydroxyl groups excluding tert-OH is 1. The second-order valence-electron chi connectivity index (χ2n) is 8.37. The first-order chi connectivity index (χ1) is 11.3. The minimum absolute atomic E-state index is 0.349. The van der Waals surface area contributed by atoms with Crippen LogP contribution in [0.3, 0.4) is 0 Å². The molecule has 0 spiro atoms. The summed E-state index contributed by atoms with van der Waals surface area (Å²) in [5.41, 5.74) is 1.82. The van der Waals surface area contributed by atoms with E-state index >= 15 is 0 Å². The van der Waals surface area contributed by atoms with E-state index in [1.54, 1.807) is 0 Å². The summed E-state index contributed by atoms with van der Waals surface area (Å²) >= 11 is 5.87. The summed E-state index contributed by atoms with van der Waals surface area (Å²) in [7, 11) is 0. The maximum Gasteiger partial charge on any atom is 0.0897 e. The molecule has 2 N–H and O–H groups in total. The highest BCUT2D eigenvalue weighted by atomic mass is 35.5. The van der Waals surface area contributed by atoms with E-state index in [1.165, 1.54) is 19.3 Å². The third-order valence-electron chi connectivity index (χ3n) is 6.89. The third-order valence-corrected chi connectivity index (χ3v) is 7.14. The predicted molar refractivity (Wildman–Crippen MR) is 98.1 cm³/mol. The second-order valence-corrected chi connectivity index (χ2v) is 8.80. The quantitative estimate of drug-likeness (QED) is 0.779. The van der Waals surface area contributed by atoms with E-state index in [0.717, 1.165) is 16.5 Å². The van der Waals surface area contributed by atoms with Crippen LogP contribution in [0.2, 0.25) is 5.02 Å². The molecule has 134 valence electrons. The molecule has 0 saturated heterocycles. The van der Waals surface area contributed by atoms with Crippen molar-refractivity contribution in [2.24, 2.45) is 16.7 Å². The molecular weight excluding hydrogens is 322 g/mol. The fourth-order valence-electron chi connectivity index (χ4n) is 4.74. The highest BCUT2D eigenvalue weighted by Gasteiger charge is 2.60. The molecule has 0 heterocycles. The van der Waals surface area contributed by atoms with E-state index in [2.05, 4.69) is 26.1 Å². The summed E-state index contributed by atoms with van der Waals surface area (Å²) in [5, 5.41) is 14.6. The Hall–Kier alpha value is -0.610. The Morgan fingerprint density at radius 3 is 2.58 bits per heavy atom. The van der Waals surface area contributed by atoms with Crippen molar-refractivity contribution < 1.29 is 9.84 Å². The van der Waals surface area contributed by atoms with E-state index in [1.807, 2.05) is 24.3 Å². The molecule has 1 aromatic rings. The largest absolute Gasteiger partial charge is 0.389 e. The monoisotopic (exact) mass is 351 g/mol. The number of hydrogen-bond acceptors (Lipinski definition) is 3.